The molecule has 0 aromatic rings. The Morgan fingerprint density at radius 3 is 2.33 bits per heavy atom. The first kappa shape index (κ1) is 14.2. The molecule has 2 aliphatic rings. The maximum Gasteiger partial charge on any atom is 0.208 e. The van der Waals surface area contributed by atoms with E-state index in [2.05, 4.69) is 22.0 Å². The molecule has 0 radical (unpaired) electrons. The van der Waals surface area contributed by atoms with E-state index in [1.807, 2.05) is 0 Å². The Morgan fingerprint density at radius 2 is 1.83 bits per heavy atom. The zero-order valence-corrected chi connectivity index (χ0v) is 12.2. The van der Waals surface area contributed by atoms with Crippen molar-refractivity contribution < 1.29 is 8.42 Å². The molecule has 5 nitrogen and oxygen atoms in total. The first-order valence-corrected chi connectivity index (χ1v) is 8.76. The lowest BCUT2D eigenvalue weighted by Crippen LogP contribution is -2.48. The summed E-state index contributed by atoms with van der Waals surface area (Å²) in [5.74, 6) is 0. The van der Waals surface area contributed by atoms with Crippen molar-refractivity contribution in [1.82, 2.24) is 14.9 Å². The summed E-state index contributed by atoms with van der Waals surface area (Å²) < 4.78 is 24.5. The van der Waals surface area contributed by atoms with Gasteiger partial charge < -0.3 is 5.32 Å². The summed E-state index contributed by atoms with van der Waals surface area (Å²) >= 11 is 0. The Kier molecular flexibility index (Phi) is 4.64. The molecule has 2 aliphatic heterocycles. The third kappa shape index (κ3) is 3.66. The molecule has 0 aliphatic carbocycles. The minimum Gasteiger partial charge on any atom is -0.317 e. The second-order valence-corrected chi connectivity index (χ2v) is 7.43. The fourth-order valence-corrected chi connectivity index (χ4v) is 3.91. The van der Waals surface area contributed by atoms with Crippen molar-refractivity contribution in [2.45, 2.75) is 50.2 Å². The van der Waals surface area contributed by atoms with Gasteiger partial charge in [-0.1, -0.05) is 0 Å². The van der Waals surface area contributed by atoms with E-state index < -0.39 is 10.0 Å². The molecule has 2 atom stereocenters. The van der Waals surface area contributed by atoms with E-state index in [1.54, 1.807) is 0 Å². The lowest BCUT2D eigenvalue weighted by molar-refractivity contribution is 0.118. The summed E-state index contributed by atoms with van der Waals surface area (Å²) in [4.78, 5) is 2.60. The molecule has 2 rings (SSSR count). The van der Waals surface area contributed by atoms with E-state index in [4.69, 9.17) is 0 Å². The summed E-state index contributed by atoms with van der Waals surface area (Å²) in [5.41, 5.74) is 0. The summed E-state index contributed by atoms with van der Waals surface area (Å²) in [6.07, 6.45) is 7.23. The number of rotatable bonds is 6. The van der Waals surface area contributed by atoms with Crippen molar-refractivity contribution in [3.63, 3.8) is 0 Å². The van der Waals surface area contributed by atoms with E-state index in [0.29, 0.717) is 24.7 Å². The molecule has 2 heterocycles. The lowest BCUT2D eigenvalue weighted by atomic mass is 9.97. The Balaban J connectivity index is 1.74. The Labute approximate surface area is 110 Å². The van der Waals surface area contributed by atoms with Gasteiger partial charge in [-0.3, -0.25) is 4.90 Å². The maximum absolute atomic E-state index is 11.0. The third-order valence-electron chi connectivity index (χ3n) is 4.25. The van der Waals surface area contributed by atoms with E-state index in [0.717, 1.165) is 13.0 Å². The number of hydrogen-bond donors (Lipinski definition) is 2. The number of sulfonamides is 1. The van der Waals surface area contributed by atoms with Crippen LogP contribution in [0.2, 0.25) is 0 Å². The van der Waals surface area contributed by atoms with E-state index in [1.165, 1.54) is 31.9 Å². The summed E-state index contributed by atoms with van der Waals surface area (Å²) in [5, 5.41) is 3.39. The van der Waals surface area contributed by atoms with Gasteiger partial charge in [0.05, 0.1) is 6.26 Å². The predicted molar refractivity (Wildman–Crippen MR) is 73.1 cm³/mol. The molecular formula is C12H25N3O2S. The zero-order valence-electron chi connectivity index (χ0n) is 11.4. The fourth-order valence-electron chi connectivity index (χ4n) is 3.39. The number of fused-ring (bicyclic) bond motifs is 2. The van der Waals surface area contributed by atoms with Gasteiger partial charge in [-0.05, 0) is 45.7 Å². The molecule has 0 aromatic carbocycles. The molecule has 6 heteroatoms. The standard InChI is InChI=1S/C12H25N3O2S/c1-13-10-8-11-4-5-12(9-10)15(11)7-3-6-14-18(2,16)17/h10-14H,3-9H2,1-2H3. The molecule has 0 spiro atoms. The van der Waals surface area contributed by atoms with Crippen LogP contribution in [0, 0.1) is 0 Å². The minimum absolute atomic E-state index is 0.560. The summed E-state index contributed by atoms with van der Waals surface area (Å²) in [7, 11) is -0.978. The Morgan fingerprint density at radius 1 is 1.22 bits per heavy atom. The highest BCUT2D eigenvalue weighted by atomic mass is 32.2. The van der Waals surface area contributed by atoms with E-state index in [9.17, 15) is 8.42 Å². The SMILES string of the molecule is CNC1CC2CCC(C1)N2CCCNS(C)(=O)=O. The van der Waals surface area contributed by atoms with Crippen molar-refractivity contribution in [1.29, 1.82) is 0 Å². The van der Waals surface area contributed by atoms with Gasteiger partial charge in [0.1, 0.15) is 0 Å². The quantitative estimate of drug-likeness (QED) is 0.677. The summed E-state index contributed by atoms with van der Waals surface area (Å²) in [6, 6.07) is 2.09. The van der Waals surface area contributed by atoms with Crippen LogP contribution in [0.5, 0.6) is 0 Å². The smallest absolute Gasteiger partial charge is 0.208 e. The van der Waals surface area contributed by atoms with E-state index in [-0.39, 0.29) is 0 Å². The molecule has 0 amide bonds. The monoisotopic (exact) mass is 275 g/mol. The number of piperidine rings is 1. The fraction of sp³-hybridized carbons (Fsp3) is 1.00. The van der Waals surface area contributed by atoms with Gasteiger partial charge in [-0.2, -0.15) is 0 Å². The van der Waals surface area contributed by atoms with Crippen LogP contribution in [0.4, 0.5) is 0 Å². The molecule has 0 saturated carbocycles. The molecule has 18 heavy (non-hydrogen) atoms. The van der Waals surface area contributed by atoms with Crippen LogP contribution < -0.4 is 10.0 Å². The van der Waals surface area contributed by atoms with Gasteiger partial charge in [-0.15, -0.1) is 0 Å². The van der Waals surface area contributed by atoms with Crippen molar-refractivity contribution in [3.05, 3.63) is 0 Å². The highest BCUT2D eigenvalue weighted by Gasteiger charge is 2.39. The normalized spacial score (nSPS) is 32.9. The molecule has 2 bridgehead atoms. The predicted octanol–water partition coefficient (Wildman–Crippen LogP) is 0.141. The molecule has 2 N–H and O–H groups in total. The average molecular weight is 275 g/mol. The Hall–Kier alpha value is -0.170. The summed E-state index contributed by atoms with van der Waals surface area (Å²) in [6.45, 7) is 1.58. The highest BCUT2D eigenvalue weighted by molar-refractivity contribution is 7.88. The van der Waals surface area contributed by atoms with E-state index >= 15 is 0 Å². The van der Waals surface area contributed by atoms with Crippen molar-refractivity contribution in [3.8, 4) is 0 Å². The average Bonchev–Trinajstić information content (AvgIpc) is 2.54. The van der Waals surface area contributed by atoms with Gasteiger partial charge in [0.15, 0.2) is 0 Å². The van der Waals surface area contributed by atoms with Crippen LogP contribution in [0.1, 0.15) is 32.1 Å². The van der Waals surface area contributed by atoms with Crippen LogP contribution in [0.15, 0.2) is 0 Å². The molecule has 2 fully saturated rings. The van der Waals surface area contributed by atoms with Crippen LogP contribution >= 0.6 is 0 Å². The number of nitrogens with one attached hydrogen (secondary N) is 2. The second kappa shape index (κ2) is 5.86. The van der Waals surface area contributed by atoms with Gasteiger partial charge >= 0.3 is 0 Å². The minimum atomic E-state index is -3.03. The molecule has 0 aromatic heterocycles. The van der Waals surface area contributed by atoms with Crippen LogP contribution in [-0.4, -0.2) is 57.8 Å². The van der Waals surface area contributed by atoms with Gasteiger partial charge in [0, 0.05) is 24.7 Å². The van der Waals surface area contributed by atoms with Crippen molar-refractivity contribution >= 4 is 10.0 Å². The molecule has 2 saturated heterocycles. The zero-order chi connectivity index (χ0) is 13.2. The Bertz CT molecular complexity index is 358. The van der Waals surface area contributed by atoms with Crippen molar-refractivity contribution in [2.24, 2.45) is 0 Å². The highest BCUT2D eigenvalue weighted by Crippen LogP contribution is 2.35. The maximum atomic E-state index is 11.0. The van der Waals surface area contributed by atoms with Gasteiger partial charge in [-0.25, -0.2) is 13.1 Å². The topological polar surface area (TPSA) is 61.4 Å². The molecule has 106 valence electrons. The number of hydrogen-bond acceptors (Lipinski definition) is 4. The molecule has 2 unspecified atom stereocenters. The first-order valence-electron chi connectivity index (χ1n) is 6.87. The largest absolute Gasteiger partial charge is 0.317 e. The number of nitrogens with zero attached hydrogens (tertiary/aromatic N) is 1. The second-order valence-electron chi connectivity index (χ2n) is 5.60. The van der Waals surface area contributed by atoms with Crippen LogP contribution in [0.3, 0.4) is 0 Å². The molecular weight excluding hydrogens is 250 g/mol. The van der Waals surface area contributed by atoms with Crippen molar-refractivity contribution in [2.75, 3.05) is 26.4 Å². The first-order chi connectivity index (χ1) is 8.49. The van der Waals surface area contributed by atoms with Gasteiger partial charge in [0.2, 0.25) is 10.0 Å². The van der Waals surface area contributed by atoms with Crippen LogP contribution in [-0.2, 0) is 10.0 Å². The lowest BCUT2D eigenvalue weighted by Gasteiger charge is -2.38. The van der Waals surface area contributed by atoms with Crippen LogP contribution in [0.25, 0.3) is 0 Å². The van der Waals surface area contributed by atoms with Gasteiger partial charge in [0.25, 0.3) is 0 Å². The third-order valence-corrected chi connectivity index (χ3v) is 4.98.